The molecule has 25 heavy (non-hydrogen) atoms. The third-order valence-corrected chi connectivity index (χ3v) is 6.05. The SMILES string of the molecule is Cc1cccc(N2CCN([C@H](C)C(=O)NCc3cccs3)CC2)c1C. The number of hydrogen-bond acceptors (Lipinski definition) is 4. The lowest BCUT2D eigenvalue weighted by atomic mass is 10.1. The second-order valence-corrected chi connectivity index (χ2v) is 7.75. The maximum atomic E-state index is 12.4. The molecule has 0 saturated carbocycles. The van der Waals surface area contributed by atoms with E-state index in [0.717, 1.165) is 26.2 Å². The molecule has 1 aliphatic heterocycles. The van der Waals surface area contributed by atoms with Gasteiger partial charge in [-0.05, 0) is 49.4 Å². The number of nitrogens with zero attached hydrogens (tertiary/aromatic N) is 2. The first-order chi connectivity index (χ1) is 12.1. The molecule has 1 N–H and O–H groups in total. The molecule has 0 radical (unpaired) electrons. The van der Waals surface area contributed by atoms with Crippen LogP contribution in [0.5, 0.6) is 0 Å². The van der Waals surface area contributed by atoms with Crippen LogP contribution in [-0.4, -0.2) is 43.0 Å². The zero-order valence-electron chi connectivity index (χ0n) is 15.3. The van der Waals surface area contributed by atoms with Crippen LogP contribution in [-0.2, 0) is 11.3 Å². The van der Waals surface area contributed by atoms with Crippen LogP contribution in [0.1, 0.15) is 22.9 Å². The summed E-state index contributed by atoms with van der Waals surface area (Å²) in [6, 6.07) is 10.5. The zero-order chi connectivity index (χ0) is 17.8. The predicted octanol–water partition coefficient (Wildman–Crippen LogP) is 3.19. The van der Waals surface area contributed by atoms with Crippen molar-refractivity contribution < 1.29 is 4.79 Å². The number of rotatable bonds is 5. The van der Waals surface area contributed by atoms with Crippen molar-refractivity contribution in [3.63, 3.8) is 0 Å². The fourth-order valence-corrected chi connectivity index (χ4v) is 3.97. The van der Waals surface area contributed by atoms with E-state index in [0.29, 0.717) is 6.54 Å². The van der Waals surface area contributed by atoms with Crippen LogP contribution in [0.2, 0.25) is 0 Å². The van der Waals surface area contributed by atoms with Gasteiger partial charge in [-0.1, -0.05) is 18.2 Å². The fraction of sp³-hybridized carbons (Fsp3) is 0.450. The molecule has 2 heterocycles. The number of piperazine rings is 1. The summed E-state index contributed by atoms with van der Waals surface area (Å²) in [5, 5.41) is 5.10. The molecule has 4 nitrogen and oxygen atoms in total. The Hall–Kier alpha value is -1.85. The number of hydrogen-bond donors (Lipinski definition) is 1. The second kappa shape index (κ2) is 8.02. The zero-order valence-corrected chi connectivity index (χ0v) is 16.1. The number of carbonyl (C=O) groups is 1. The molecule has 0 bridgehead atoms. The van der Waals surface area contributed by atoms with Crippen LogP contribution in [0.15, 0.2) is 35.7 Å². The topological polar surface area (TPSA) is 35.6 Å². The maximum absolute atomic E-state index is 12.4. The van der Waals surface area contributed by atoms with E-state index in [-0.39, 0.29) is 11.9 Å². The third kappa shape index (κ3) is 4.22. The van der Waals surface area contributed by atoms with Crippen LogP contribution in [0, 0.1) is 13.8 Å². The highest BCUT2D eigenvalue weighted by Crippen LogP contribution is 2.24. The minimum Gasteiger partial charge on any atom is -0.369 e. The summed E-state index contributed by atoms with van der Waals surface area (Å²) in [5.41, 5.74) is 4.02. The van der Waals surface area contributed by atoms with Crippen molar-refractivity contribution in [1.82, 2.24) is 10.2 Å². The van der Waals surface area contributed by atoms with Gasteiger partial charge in [0.15, 0.2) is 0 Å². The Kier molecular flexibility index (Phi) is 5.76. The quantitative estimate of drug-likeness (QED) is 0.893. The maximum Gasteiger partial charge on any atom is 0.237 e. The summed E-state index contributed by atoms with van der Waals surface area (Å²) >= 11 is 1.68. The molecule has 2 aromatic rings. The van der Waals surface area contributed by atoms with E-state index in [9.17, 15) is 4.79 Å². The molecular formula is C20H27N3OS. The molecule has 0 unspecified atom stereocenters. The van der Waals surface area contributed by atoms with Gasteiger partial charge in [0.05, 0.1) is 12.6 Å². The van der Waals surface area contributed by atoms with Gasteiger partial charge in [-0.2, -0.15) is 0 Å². The van der Waals surface area contributed by atoms with Crippen molar-refractivity contribution in [3.8, 4) is 0 Å². The van der Waals surface area contributed by atoms with E-state index in [1.165, 1.54) is 21.7 Å². The Balaban J connectivity index is 1.52. The summed E-state index contributed by atoms with van der Waals surface area (Å²) in [6.45, 7) is 10.8. The van der Waals surface area contributed by atoms with Gasteiger partial charge in [-0.15, -0.1) is 11.3 Å². The fourth-order valence-electron chi connectivity index (χ4n) is 3.33. The molecule has 1 atom stereocenters. The Morgan fingerprint density at radius 3 is 2.60 bits per heavy atom. The summed E-state index contributed by atoms with van der Waals surface area (Å²) in [4.78, 5) is 18.3. The first-order valence-corrected chi connectivity index (χ1v) is 9.79. The predicted molar refractivity (Wildman–Crippen MR) is 105 cm³/mol. The van der Waals surface area contributed by atoms with Gasteiger partial charge in [-0.3, -0.25) is 9.69 Å². The summed E-state index contributed by atoms with van der Waals surface area (Å²) < 4.78 is 0. The third-order valence-electron chi connectivity index (χ3n) is 5.18. The highest BCUT2D eigenvalue weighted by molar-refractivity contribution is 7.09. The summed E-state index contributed by atoms with van der Waals surface area (Å²) in [7, 11) is 0. The minimum atomic E-state index is -0.0827. The van der Waals surface area contributed by atoms with Crippen molar-refractivity contribution in [2.24, 2.45) is 0 Å². The molecule has 1 saturated heterocycles. The molecule has 134 valence electrons. The van der Waals surface area contributed by atoms with Crippen molar-refractivity contribution in [2.45, 2.75) is 33.4 Å². The molecule has 1 amide bonds. The van der Waals surface area contributed by atoms with Gasteiger partial charge in [-0.25, -0.2) is 0 Å². The molecule has 1 fully saturated rings. The van der Waals surface area contributed by atoms with Crippen molar-refractivity contribution in [3.05, 3.63) is 51.7 Å². The molecular weight excluding hydrogens is 330 g/mol. The number of thiophene rings is 1. The highest BCUT2D eigenvalue weighted by atomic mass is 32.1. The number of nitrogens with one attached hydrogen (secondary N) is 1. The Morgan fingerprint density at radius 1 is 1.16 bits per heavy atom. The molecule has 0 spiro atoms. The average Bonchev–Trinajstić information content (AvgIpc) is 3.15. The molecule has 1 aromatic carbocycles. The van der Waals surface area contributed by atoms with Gasteiger partial charge < -0.3 is 10.2 Å². The summed E-state index contributed by atoms with van der Waals surface area (Å²) in [5.74, 6) is 0.119. The highest BCUT2D eigenvalue weighted by Gasteiger charge is 2.26. The van der Waals surface area contributed by atoms with Gasteiger partial charge in [0.25, 0.3) is 0 Å². The van der Waals surface area contributed by atoms with Crippen LogP contribution >= 0.6 is 11.3 Å². The van der Waals surface area contributed by atoms with Crippen molar-refractivity contribution >= 4 is 22.9 Å². The largest absolute Gasteiger partial charge is 0.369 e. The lowest BCUT2D eigenvalue weighted by Crippen LogP contribution is -2.54. The lowest BCUT2D eigenvalue weighted by Gasteiger charge is -2.39. The van der Waals surface area contributed by atoms with E-state index in [1.54, 1.807) is 11.3 Å². The van der Waals surface area contributed by atoms with Gasteiger partial charge in [0.1, 0.15) is 0 Å². The van der Waals surface area contributed by atoms with E-state index >= 15 is 0 Å². The smallest absolute Gasteiger partial charge is 0.237 e. The number of aryl methyl sites for hydroxylation is 1. The average molecular weight is 358 g/mol. The number of benzene rings is 1. The number of carbonyl (C=O) groups excluding carboxylic acids is 1. The van der Waals surface area contributed by atoms with Gasteiger partial charge in [0.2, 0.25) is 5.91 Å². The van der Waals surface area contributed by atoms with Crippen LogP contribution in [0.25, 0.3) is 0 Å². The van der Waals surface area contributed by atoms with Crippen LogP contribution in [0.3, 0.4) is 0 Å². The monoisotopic (exact) mass is 357 g/mol. The van der Waals surface area contributed by atoms with E-state index in [1.807, 2.05) is 18.4 Å². The standard InChI is InChI=1S/C20H27N3OS/c1-15-6-4-8-19(16(15)2)23-11-9-22(10-12-23)17(3)20(24)21-14-18-7-5-13-25-18/h4-8,13,17H,9-12,14H2,1-3H3,(H,21,24)/t17-/m1/s1. The molecule has 5 heteroatoms. The second-order valence-electron chi connectivity index (χ2n) is 6.72. The number of amides is 1. The normalized spacial score (nSPS) is 16.7. The van der Waals surface area contributed by atoms with Gasteiger partial charge in [0, 0.05) is 36.7 Å². The Morgan fingerprint density at radius 2 is 1.92 bits per heavy atom. The van der Waals surface area contributed by atoms with E-state index in [4.69, 9.17) is 0 Å². The van der Waals surface area contributed by atoms with Gasteiger partial charge >= 0.3 is 0 Å². The molecule has 0 aliphatic carbocycles. The molecule has 1 aromatic heterocycles. The minimum absolute atomic E-state index is 0.0827. The Bertz CT molecular complexity index is 706. The van der Waals surface area contributed by atoms with E-state index < -0.39 is 0 Å². The molecule has 1 aliphatic rings. The first kappa shape index (κ1) is 18.0. The summed E-state index contributed by atoms with van der Waals surface area (Å²) in [6.07, 6.45) is 0. The van der Waals surface area contributed by atoms with Crippen LogP contribution in [0.4, 0.5) is 5.69 Å². The number of anilines is 1. The van der Waals surface area contributed by atoms with Crippen LogP contribution < -0.4 is 10.2 Å². The lowest BCUT2D eigenvalue weighted by molar-refractivity contribution is -0.126. The Labute approximate surface area is 154 Å². The van der Waals surface area contributed by atoms with Crippen molar-refractivity contribution in [2.75, 3.05) is 31.1 Å². The first-order valence-electron chi connectivity index (χ1n) is 8.91. The molecule has 3 rings (SSSR count). The van der Waals surface area contributed by atoms with Crippen molar-refractivity contribution in [1.29, 1.82) is 0 Å². The van der Waals surface area contributed by atoms with E-state index in [2.05, 4.69) is 53.2 Å².